The summed E-state index contributed by atoms with van der Waals surface area (Å²) in [7, 11) is 3.58. The summed E-state index contributed by atoms with van der Waals surface area (Å²) in [6.07, 6.45) is 5.59. The van der Waals surface area contributed by atoms with E-state index in [4.69, 9.17) is 10.5 Å². The molecule has 0 aliphatic carbocycles. The van der Waals surface area contributed by atoms with Crippen molar-refractivity contribution >= 4 is 22.5 Å². The number of hydrogen-bond acceptors (Lipinski definition) is 6. The molecule has 1 amide bonds. The Morgan fingerprint density at radius 3 is 2.81 bits per heavy atom. The molecule has 3 aromatic heterocycles. The molecule has 0 aliphatic rings. The van der Waals surface area contributed by atoms with Crippen molar-refractivity contribution in [2.24, 2.45) is 5.73 Å². The zero-order valence-electron chi connectivity index (χ0n) is 21.1. The number of hydrogen-bond donors (Lipinski definition) is 2. The Morgan fingerprint density at radius 2 is 2.05 bits per heavy atom. The van der Waals surface area contributed by atoms with Gasteiger partial charge in [-0.15, -0.1) is 0 Å². The first-order valence-corrected chi connectivity index (χ1v) is 12.0. The van der Waals surface area contributed by atoms with Crippen LogP contribution in [0.4, 0.5) is 4.39 Å². The number of carbonyl (C=O) groups is 1. The Morgan fingerprint density at radius 1 is 1.22 bits per heavy atom. The predicted octanol–water partition coefficient (Wildman–Crippen LogP) is 4.44. The summed E-state index contributed by atoms with van der Waals surface area (Å²) in [5.74, 6) is -0.0250. The molecule has 0 atom stereocenters. The fourth-order valence-electron chi connectivity index (χ4n) is 4.01. The van der Waals surface area contributed by atoms with Crippen LogP contribution in [0.2, 0.25) is 0 Å². The highest BCUT2D eigenvalue weighted by Gasteiger charge is 2.12. The normalized spacial score (nSPS) is 11.1. The third-order valence-electron chi connectivity index (χ3n) is 6.02. The lowest BCUT2D eigenvalue weighted by atomic mass is 10.1. The van der Waals surface area contributed by atoms with Crippen molar-refractivity contribution in [3.05, 3.63) is 78.0 Å². The summed E-state index contributed by atoms with van der Waals surface area (Å²) in [4.78, 5) is 17.6. The minimum Gasteiger partial charge on any atom is -0.496 e. The first kappa shape index (κ1) is 25.8. The number of aromatic nitrogens is 5. The molecule has 3 heterocycles. The summed E-state index contributed by atoms with van der Waals surface area (Å²) in [5.41, 5.74) is 9.64. The third kappa shape index (κ3) is 5.92. The van der Waals surface area contributed by atoms with Gasteiger partial charge < -0.3 is 15.4 Å². The van der Waals surface area contributed by atoms with Crippen LogP contribution in [0.5, 0.6) is 5.75 Å². The second-order valence-corrected chi connectivity index (χ2v) is 8.69. The summed E-state index contributed by atoms with van der Waals surface area (Å²) in [6, 6.07) is 13.9. The molecule has 0 bridgehead atoms. The Hall–Kier alpha value is -4.31. The third-order valence-corrected chi connectivity index (χ3v) is 6.02. The number of aromatic amines is 1. The molecule has 0 saturated carbocycles. The topological polar surface area (TPSA) is 114 Å². The summed E-state index contributed by atoms with van der Waals surface area (Å²) >= 11 is 0. The molecule has 0 fully saturated rings. The fraction of sp³-hybridized carbons (Fsp3) is 0.259. The van der Waals surface area contributed by atoms with E-state index in [0.717, 1.165) is 47.2 Å². The van der Waals surface area contributed by atoms with Crippen molar-refractivity contribution in [1.29, 1.82) is 0 Å². The van der Waals surface area contributed by atoms with Crippen LogP contribution in [0.1, 0.15) is 35.7 Å². The number of amides is 1. The molecule has 2 aromatic carbocycles. The zero-order chi connectivity index (χ0) is 26.4. The molecule has 192 valence electrons. The van der Waals surface area contributed by atoms with Crippen LogP contribution >= 0.6 is 0 Å². The number of H-pyrrole nitrogens is 1. The minimum atomic E-state index is -0.461. The van der Waals surface area contributed by atoms with Crippen LogP contribution in [0.15, 0.2) is 61.1 Å². The standard InChI is InChI=1S/C14H10N6O.C13H20FNO/c15-14(21)9-1-2-11-10(5-9)13(19-18-11)8-3-4-20-12(6-8)16-7-17-20;1-4-5-9-15(2)10-11-12(14)7-6-8-13(11)16-3/h1-7H,(H2,15,21)(H,18,19);6-8H,4-5,9-10H2,1-3H3. The highest BCUT2D eigenvalue weighted by molar-refractivity contribution is 6.00. The number of methoxy groups -OCH3 is 1. The molecule has 0 unspecified atom stereocenters. The lowest BCUT2D eigenvalue weighted by Crippen LogP contribution is -2.20. The molecule has 5 aromatic rings. The van der Waals surface area contributed by atoms with Crippen LogP contribution in [-0.2, 0) is 6.54 Å². The number of fused-ring (bicyclic) bond motifs is 2. The number of primary amides is 1. The minimum absolute atomic E-state index is 0.192. The van der Waals surface area contributed by atoms with E-state index in [9.17, 15) is 9.18 Å². The number of ether oxygens (including phenoxy) is 1. The Labute approximate surface area is 214 Å². The van der Waals surface area contributed by atoms with Crippen molar-refractivity contribution in [2.45, 2.75) is 26.3 Å². The van der Waals surface area contributed by atoms with Gasteiger partial charge in [0.05, 0.1) is 12.6 Å². The fourth-order valence-corrected chi connectivity index (χ4v) is 4.01. The lowest BCUT2D eigenvalue weighted by Gasteiger charge is -2.18. The maximum absolute atomic E-state index is 13.6. The van der Waals surface area contributed by atoms with E-state index in [-0.39, 0.29) is 5.82 Å². The number of carbonyl (C=O) groups excluding carboxylic acids is 1. The Bertz CT molecular complexity index is 1510. The first-order chi connectivity index (χ1) is 17.9. The molecule has 37 heavy (non-hydrogen) atoms. The van der Waals surface area contributed by atoms with Crippen LogP contribution in [0.25, 0.3) is 27.8 Å². The van der Waals surface area contributed by atoms with Gasteiger partial charge in [-0.3, -0.25) is 9.89 Å². The van der Waals surface area contributed by atoms with Crippen LogP contribution in [0.3, 0.4) is 0 Å². The average Bonchev–Trinajstić information content (AvgIpc) is 3.55. The van der Waals surface area contributed by atoms with Gasteiger partial charge in [-0.1, -0.05) is 19.4 Å². The smallest absolute Gasteiger partial charge is 0.248 e. The van der Waals surface area contributed by atoms with Gasteiger partial charge >= 0.3 is 0 Å². The van der Waals surface area contributed by atoms with Crippen LogP contribution < -0.4 is 10.5 Å². The summed E-state index contributed by atoms with van der Waals surface area (Å²) in [6.45, 7) is 3.72. The summed E-state index contributed by atoms with van der Waals surface area (Å²) in [5, 5.41) is 12.2. The predicted molar refractivity (Wildman–Crippen MR) is 141 cm³/mol. The molecular weight excluding hydrogens is 473 g/mol. The molecule has 0 radical (unpaired) electrons. The van der Waals surface area contributed by atoms with E-state index in [1.807, 2.05) is 25.4 Å². The van der Waals surface area contributed by atoms with Crippen molar-refractivity contribution in [3.8, 4) is 17.0 Å². The number of benzene rings is 2. The Balaban J connectivity index is 0.000000181. The zero-order valence-corrected chi connectivity index (χ0v) is 21.1. The highest BCUT2D eigenvalue weighted by atomic mass is 19.1. The van der Waals surface area contributed by atoms with Gasteiger partial charge in [0.25, 0.3) is 0 Å². The van der Waals surface area contributed by atoms with Crippen LogP contribution in [-0.4, -0.2) is 56.3 Å². The van der Waals surface area contributed by atoms with Crippen LogP contribution in [0, 0.1) is 5.82 Å². The second-order valence-electron chi connectivity index (χ2n) is 8.69. The number of pyridine rings is 1. The van der Waals surface area contributed by atoms with Crippen molar-refractivity contribution in [2.75, 3.05) is 20.7 Å². The molecule has 5 rings (SSSR count). The molecule has 9 nitrogen and oxygen atoms in total. The summed E-state index contributed by atoms with van der Waals surface area (Å²) < 4.78 is 20.5. The van der Waals surface area contributed by atoms with Gasteiger partial charge in [-0.2, -0.15) is 10.2 Å². The van der Waals surface area contributed by atoms with E-state index >= 15 is 0 Å². The average molecular weight is 504 g/mol. The second kappa shape index (κ2) is 11.6. The van der Waals surface area contributed by atoms with Gasteiger partial charge in [-0.05, 0) is 62.5 Å². The maximum atomic E-state index is 13.6. The van der Waals surface area contributed by atoms with Crippen molar-refractivity contribution in [3.63, 3.8) is 0 Å². The SMILES string of the molecule is CCCCN(C)Cc1c(F)cccc1OC.NC(=O)c1ccc2[nH]nc(-c3ccn4ncnc4c3)c2c1. The quantitative estimate of drug-likeness (QED) is 0.324. The number of nitrogens with two attached hydrogens (primary N) is 1. The van der Waals surface area contributed by atoms with Gasteiger partial charge in [-0.25, -0.2) is 13.9 Å². The van der Waals surface area contributed by atoms with E-state index in [1.54, 1.807) is 42.0 Å². The Kier molecular flexibility index (Phi) is 8.09. The van der Waals surface area contributed by atoms with E-state index in [2.05, 4.69) is 32.1 Å². The van der Waals surface area contributed by atoms with E-state index in [0.29, 0.717) is 23.4 Å². The number of halogens is 1. The van der Waals surface area contributed by atoms with Crippen molar-refractivity contribution < 1.29 is 13.9 Å². The number of rotatable bonds is 8. The van der Waals surface area contributed by atoms with E-state index < -0.39 is 5.91 Å². The van der Waals surface area contributed by atoms with E-state index in [1.165, 1.54) is 12.4 Å². The number of nitrogens with one attached hydrogen (secondary N) is 1. The maximum Gasteiger partial charge on any atom is 0.248 e. The molecule has 0 spiro atoms. The number of nitrogens with zero attached hydrogens (tertiary/aromatic N) is 5. The van der Waals surface area contributed by atoms with Gasteiger partial charge in [0.2, 0.25) is 5.91 Å². The molecule has 0 aliphatic heterocycles. The first-order valence-electron chi connectivity index (χ1n) is 12.0. The molecule has 3 N–H and O–H groups in total. The highest BCUT2D eigenvalue weighted by Crippen LogP contribution is 2.27. The molecule has 10 heteroatoms. The largest absolute Gasteiger partial charge is 0.496 e. The van der Waals surface area contributed by atoms with Gasteiger partial charge in [0.15, 0.2) is 5.65 Å². The van der Waals surface area contributed by atoms with Gasteiger partial charge in [0, 0.05) is 34.8 Å². The molecule has 0 saturated heterocycles. The monoisotopic (exact) mass is 503 g/mol. The number of unbranched alkanes of at least 4 members (excludes halogenated alkanes) is 1. The molecular formula is C27H30FN7O2. The van der Waals surface area contributed by atoms with Crippen molar-refractivity contribution in [1.82, 2.24) is 29.7 Å². The lowest BCUT2D eigenvalue weighted by molar-refractivity contribution is 0.100. The van der Waals surface area contributed by atoms with Gasteiger partial charge in [0.1, 0.15) is 23.6 Å².